The molecule has 13 heavy (non-hydrogen) atoms. The first-order valence-corrected chi connectivity index (χ1v) is 5.15. The summed E-state index contributed by atoms with van der Waals surface area (Å²) in [6.45, 7) is 8.10. The van der Waals surface area contributed by atoms with Crippen molar-refractivity contribution in [2.75, 3.05) is 13.1 Å². The third-order valence-electron chi connectivity index (χ3n) is 2.58. The van der Waals surface area contributed by atoms with Crippen LogP contribution in [0.4, 0.5) is 0 Å². The van der Waals surface area contributed by atoms with E-state index < -0.39 is 0 Å². The summed E-state index contributed by atoms with van der Waals surface area (Å²) in [6.07, 6.45) is 2.39. The average molecular weight is 184 g/mol. The zero-order valence-electron chi connectivity index (χ0n) is 8.84. The summed E-state index contributed by atoms with van der Waals surface area (Å²) >= 11 is 0. The molecule has 1 heterocycles. The second-order valence-electron chi connectivity index (χ2n) is 4.30. The number of carbonyl (C=O) groups excluding carboxylic acids is 1. The molecule has 0 aromatic rings. The molecule has 0 aliphatic carbocycles. The molecule has 0 bridgehead atoms. The Morgan fingerprint density at radius 2 is 1.92 bits per heavy atom. The maximum Gasteiger partial charge on any atom is 0.236 e. The molecule has 1 N–H and O–H groups in total. The van der Waals surface area contributed by atoms with Crippen molar-refractivity contribution in [3.8, 4) is 0 Å². The second-order valence-corrected chi connectivity index (χ2v) is 4.30. The highest BCUT2D eigenvalue weighted by atomic mass is 16.2. The molecule has 1 aliphatic rings. The van der Waals surface area contributed by atoms with Gasteiger partial charge in [-0.1, -0.05) is 20.8 Å². The molecule has 1 amide bonds. The molecule has 0 aromatic heterocycles. The maximum absolute atomic E-state index is 11.3. The van der Waals surface area contributed by atoms with Crippen LogP contribution in [0.5, 0.6) is 0 Å². The third kappa shape index (κ3) is 3.35. The van der Waals surface area contributed by atoms with E-state index in [-0.39, 0.29) is 11.8 Å². The normalized spacial score (nSPS) is 20.6. The largest absolute Gasteiger partial charge is 0.289 e. The molecule has 0 unspecified atom stereocenters. The van der Waals surface area contributed by atoms with Crippen LogP contribution in [0.15, 0.2) is 0 Å². The van der Waals surface area contributed by atoms with Gasteiger partial charge in [0, 0.05) is 19.0 Å². The minimum atomic E-state index is 0.0827. The van der Waals surface area contributed by atoms with Gasteiger partial charge < -0.3 is 0 Å². The van der Waals surface area contributed by atoms with E-state index in [0.29, 0.717) is 0 Å². The summed E-state index contributed by atoms with van der Waals surface area (Å²) in [7, 11) is 0. The highest BCUT2D eigenvalue weighted by Crippen LogP contribution is 2.14. The van der Waals surface area contributed by atoms with Crippen LogP contribution in [0.25, 0.3) is 0 Å². The highest BCUT2D eigenvalue weighted by Gasteiger charge is 2.17. The number of hydrazine groups is 1. The lowest BCUT2D eigenvalue weighted by Gasteiger charge is -2.30. The lowest BCUT2D eigenvalue weighted by Crippen LogP contribution is -2.47. The predicted octanol–water partition coefficient (Wildman–Crippen LogP) is 1.41. The summed E-state index contributed by atoms with van der Waals surface area (Å²) in [5, 5.41) is 2.04. The fraction of sp³-hybridized carbons (Fsp3) is 0.900. The van der Waals surface area contributed by atoms with E-state index in [1.807, 2.05) is 18.9 Å². The van der Waals surface area contributed by atoms with E-state index in [0.717, 1.165) is 19.0 Å². The van der Waals surface area contributed by atoms with Gasteiger partial charge in [-0.05, 0) is 18.8 Å². The number of hydrogen-bond donors (Lipinski definition) is 1. The Morgan fingerprint density at radius 1 is 1.38 bits per heavy atom. The Hall–Kier alpha value is -0.570. The second kappa shape index (κ2) is 4.61. The Morgan fingerprint density at radius 3 is 2.38 bits per heavy atom. The first-order valence-electron chi connectivity index (χ1n) is 5.15. The predicted molar refractivity (Wildman–Crippen MR) is 53.0 cm³/mol. The Labute approximate surface area is 80.5 Å². The van der Waals surface area contributed by atoms with Gasteiger partial charge in [0.15, 0.2) is 0 Å². The number of nitrogens with zero attached hydrogens (tertiary/aromatic N) is 1. The summed E-state index contributed by atoms with van der Waals surface area (Å²) in [5.74, 6) is 1.03. The van der Waals surface area contributed by atoms with E-state index in [1.54, 1.807) is 0 Å². The van der Waals surface area contributed by atoms with E-state index in [9.17, 15) is 4.79 Å². The van der Waals surface area contributed by atoms with Crippen LogP contribution >= 0.6 is 0 Å². The number of hydrogen-bond acceptors (Lipinski definition) is 2. The average Bonchev–Trinajstić information content (AvgIpc) is 2.08. The van der Waals surface area contributed by atoms with Crippen LogP contribution in [0.3, 0.4) is 0 Å². The van der Waals surface area contributed by atoms with Gasteiger partial charge in [-0.2, -0.15) is 0 Å². The van der Waals surface area contributed by atoms with Gasteiger partial charge in [-0.15, -0.1) is 0 Å². The molecule has 3 heteroatoms. The molecule has 76 valence electrons. The van der Waals surface area contributed by atoms with E-state index in [2.05, 4.69) is 12.3 Å². The monoisotopic (exact) mass is 184 g/mol. The van der Waals surface area contributed by atoms with Gasteiger partial charge in [0.2, 0.25) is 5.91 Å². The zero-order chi connectivity index (χ0) is 9.84. The molecule has 0 atom stereocenters. The summed E-state index contributed by atoms with van der Waals surface area (Å²) in [5.41, 5.74) is 2.93. The molecular formula is C10H20N2O. The molecule has 1 fully saturated rings. The standard InChI is InChI=1S/C10H20N2O/c1-8(2)10(13)11-12-6-4-9(3)5-7-12/h8-9H,4-7H2,1-3H3,(H,11,13). The van der Waals surface area contributed by atoms with Crippen LogP contribution in [0, 0.1) is 11.8 Å². The fourth-order valence-electron chi connectivity index (χ4n) is 1.41. The molecule has 3 nitrogen and oxygen atoms in total. The van der Waals surface area contributed by atoms with Crippen LogP contribution in [0.2, 0.25) is 0 Å². The van der Waals surface area contributed by atoms with Gasteiger partial charge in [0.05, 0.1) is 0 Å². The van der Waals surface area contributed by atoms with Crippen molar-refractivity contribution in [2.24, 2.45) is 11.8 Å². The van der Waals surface area contributed by atoms with Crippen molar-refractivity contribution < 1.29 is 4.79 Å². The smallest absolute Gasteiger partial charge is 0.236 e. The SMILES string of the molecule is CC1CCN(NC(=O)C(C)C)CC1. The Kier molecular flexibility index (Phi) is 3.72. The summed E-state index contributed by atoms with van der Waals surface area (Å²) < 4.78 is 0. The molecule has 1 saturated heterocycles. The fourth-order valence-corrected chi connectivity index (χ4v) is 1.41. The van der Waals surface area contributed by atoms with E-state index in [1.165, 1.54) is 12.8 Å². The lowest BCUT2D eigenvalue weighted by atomic mass is 10.0. The van der Waals surface area contributed by atoms with Crippen molar-refractivity contribution in [3.63, 3.8) is 0 Å². The van der Waals surface area contributed by atoms with Crippen molar-refractivity contribution in [1.29, 1.82) is 0 Å². The number of amides is 1. The molecule has 0 spiro atoms. The van der Waals surface area contributed by atoms with Gasteiger partial charge in [0.25, 0.3) is 0 Å². The zero-order valence-corrected chi connectivity index (χ0v) is 8.84. The van der Waals surface area contributed by atoms with Crippen LogP contribution < -0.4 is 5.43 Å². The third-order valence-corrected chi connectivity index (χ3v) is 2.58. The molecular weight excluding hydrogens is 164 g/mol. The number of carbonyl (C=O) groups is 1. The summed E-state index contributed by atoms with van der Waals surface area (Å²) in [6, 6.07) is 0. The van der Waals surface area contributed by atoms with E-state index >= 15 is 0 Å². The first kappa shape index (κ1) is 10.5. The Balaban J connectivity index is 2.26. The van der Waals surface area contributed by atoms with Gasteiger partial charge in [-0.3, -0.25) is 10.2 Å². The molecule has 1 rings (SSSR count). The highest BCUT2D eigenvalue weighted by molar-refractivity contribution is 5.77. The van der Waals surface area contributed by atoms with Gasteiger partial charge >= 0.3 is 0 Å². The number of rotatable bonds is 2. The topological polar surface area (TPSA) is 32.3 Å². The maximum atomic E-state index is 11.3. The molecule has 0 saturated carbocycles. The number of piperidine rings is 1. The van der Waals surface area contributed by atoms with Gasteiger partial charge in [0.1, 0.15) is 0 Å². The van der Waals surface area contributed by atoms with Crippen LogP contribution in [0.1, 0.15) is 33.6 Å². The molecule has 1 aliphatic heterocycles. The van der Waals surface area contributed by atoms with Crippen molar-refractivity contribution in [2.45, 2.75) is 33.6 Å². The first-order chi connectivity index (χ1) is 6.09. The quantitative estimate of drug-likeness (QED) is 0.703. The van der Waals surface area contributed by atoms with Crippen LogP contribution in [-0.4, -0.2) is 24.0 Å². The lowest BCUT2D eigenvalue weighted by molar-refractivity contribution is -0.129. The van der Waals surface area contributed by atoms with E-state index in [4.69, 9.17) is 0 Å². The molecule has 0 aromatic carbocycles. The van der Waals surface area contributed by atoms with Crippen molar-refractivity contribution >= 4 is 5.91 Å². The van der Waals surface area contributed by atoms with Crippen LogP contribution in [-0.2, 0) is 4.79 Å². The minimum absolute atomic E-state index is 0.0827. The minimum Gasteiger partial charge on any atom is -0.289 e. The van der Waals surface area contributed by atoms with Crippen molar-refractivity contribution in [3.05, 3.63) is 0 Å². The van der Waals surface area contributed by atoms with Crippen molar-refractivity contribution in [1.82, 2.24) is 10.4 Å². The Bertz CT molecular complexity index is 172. The summed E-state index contributed by atoms with van der Waals surface area (Å²) in [4.78, 5) is 11.3. The molecule has 0 radical (unpaired) electrons. The number of nitrogens with one attached hydrogen (secondary N) is 1. The van der Waals surface area contributed by atoms with Gasteiger partial charge in [-0.25, -0.2) is 5.01 Å².